The van der Waals surface area contributed by atoms with Crippen molar-refractivity contribution in [3.8, 4) is 0 Å². The minimum atomic E-state index is -1.26. The summed E-state index contributed by atoms with van der Waals surface area (Å²) in [6.45, 7) is 2.21. The van der Waals surface area contributed by atoms with E-state index in [2.05, 4.69) is 5.32 Å². The summed E-state index contributed by atoms with van der Waals surface area (Å²) in [5, 5.41) is 45.0. The molecule has 10 nitrogen and oxygen atoms in total. The highest BCUT2D eigenvalue weighted by Gasteiger charge is 2.40. The molecule has 0 spiro atoms. The van der Waals surface area contributed by atoms with Crippen LogP contribution in [0.4, 0.5) is 16.2 Å². The molecule has 10 heteroatoms. The monoisotopic (exact) mass is 352 g/mol. The van der Waals surface area contributed by atoms with Crippen LogP contribution in [0.15, 0.2) is 6.20 Å². The molecular weight excluding hydrogens is 332 g/mol. The number of amides is 1. The maximum atomic E-state index is 12.1. The minimum Gasteiger partial charge on any atom is -0.618 e. The van der Waals surface area contributed by atoms with Gasteiger partial charge in [-0.2, -0.15) is 4.73 Å². The molecule has 2 aliphatic rings. The number of aliphatic hydroxyl groups excluding tert-OH is 1. The lowest BCUT2D eigenvalue weighted by Gasteiger charge is -2.41. The van der Waals surface area contributed by atoms with Gasteiger partial charge >= 0.3 is 11.8 Å². The van der Waals surface area contributed by atoms with Crippen molar-refractivity contribution >= 4 is 17.5 Å². The quantitative estimate of drug-likeness (QED) is 0.304. The Kier molecular flexibility index (Phi) is 4.38. The molecule has 3 atom stereocenters. The fraction of sp³-hybridized carbons (Fsp3) is 0.600. The Balaban J connectivity index is 2.04. The van der Waals surface area contributed by atoms with Gasteiger partial charge in [0, 0.05) is 25.4 Å². The zero-order chi connectivity index (χ0) is 18.3. The van der Waals surface area contributed by atoms with Crippen LogP contribution in [0.5, 0.6) is 0 Å². The van der Waals surface area contributed by atoms with Gasteiger partial charge in [-0.05, 0) is 12.8 Å². The standard InChI is InChI=1S/C15H20N4O6/c1-8-5-17(6-10(14(8)20)16-15(21)22)13-9-3-2-4-11(9)18(23)7-12(13)19(24)25/h7-8,10,14,16,20H,2-6H2,1H3,(H,21,22)/t8-,10+,14+/m0/s1. The Morgan fingerprint density at radius 3 is 2.80 bits per heavy atom. The van der Waals surface area contributed by atoms with Gasteiger partial charge in [-0.25, -0.2) is 4.79 Å². The smallest absolute Gasteiger partial charge is 0.405 e. The van der Waals surface area contributed by atoms with Crippen molar-refractivity contribution < 1.29 is 24.7 Å². The van der Waals surface area contributed by atoms with Gasteiger partial charge in [0.2, 0.25) is 0 Å². The SMILES string of the molecule is C[C@H]1CN(c2c([N+](=O)[O-])c[n+]([O-])c3c2CCC3)C[C@@H](NC(=O)O)[C@@H]1O. The van der Waals surface area contributed by atoms with Gasteiger partial charge < -0.3 is 25.6 Å². The third-order valence-corrected chi connectivity index (χ3v) is 4.97. The van der Waals surface area contributed by atoms with Crippen molar-refractivity contribution in [3.63, 3.8) is 0 Å². The number of piperidine rings is 1. The van der Waals surface area contributed by atoms with Gasteiger partial charge in [0.15, 0.2) is 5.69 Å². The number of aliphatic hydroxyl groups is 1. The highest BCUT2D eigenvalue weighted by atomic mass is 16.6. The number of pyridine rings is 1. The molecule has 0 unspecified atom stereocenters. The molecule has 1 amide bonds. The molecule has 3 N–H and O–H groups in total. The van der Waals surface area contributed by atoms with Crippen LogP contribution in [-0.4, -0.2) is 46.5 Å². The Hall–Kier alpha value is -2.62. The molecule has 1 aliphatic heterocycles. The minimum absolute atomic E-state index is 0.105. The van der Waals surface area contributed by atoms with E-state index in [0.29, 0.717) is 41.1 Å². The molecule has 0 saturated carbocycles. The van der Waals surface area contributed by atoms with E-state index in [-0.39, 0.29) is 18.2 Å². The van der Waals surface area contributed by atoms with Crippen LogP contribution in [0.1, 0.15) is 24.6 Å². The van der Waals surface area contributed by atoms with Crippen LogP contribution in [-0.2, 0) is 12.8 Å². The van der Waals surface area contributed by atoms with E-state index in [0.717, 1.165) is 12.6 Å². The first-order valence-electron chi connectivity index (χ1n) is 8.14. The molecule has 2 heterocycles. The van der Waals surface area contributed by atoms with Gasteiger partial charge in [-0.15, -0.1) is 0 Å². The van der Waals surface area contributed by atoms with Crippen LogP contribution in [0.3, 0.4) is 0 Å². The summed E-state index contributed by atoms with van der Waals surface area (Å²) >= 11 is 0. The Morgan fingerprint density at radius 2 is 2.16 bits per heavy atom. The van der Waals surface area contributed by atoms with Gasteiger partial charge in [0.05, 0.1) is 22.6 Å². The molecule has 3 rings (SSSR count). The Labute approximate surface area is 143 Å². The van der Waals surface area contributed by atoms with E-state index < -0.39 is 23.2 Å². The first-order valence-corrected chi connectivity index (χ1v) is 8.14. The summed E-state index contributed by atoms with van der Waals surface area (Å²) in [7, 11) is 0. The summed E-state index contributed by atoms with van der Waals surface area (Å²) in [6.07, 6.45) is 0.714. The molecule has 0 bridgehead atoms. The van der Waals surface area contributed by atoms with E-state index in [9.17, 15) is 25.2 Å². The first kappa shape index (κ1) is 17.2. The van der Waals surface area contributed by atoms with Crippen molar-refractivity contribution in [2.24, 2.45) is 5.92 Å². The van der Waals surface area contributed by atoms with Gasteiger partial charge in [-0.3, -0.25) is 10.1 Å². The molecule has 0 aromatic carbocycles. The lowest BCUT2D eigenvalue weighted by molar-refractivity contribution is -0.617. The number of carboxylic acid groups (broad SMARTS) is 1. The number of carbonyl (C=O) groups is 1. The lowest BCUT2D eigenvalue weighted by Crippen LogP contribution is -2.59. The molecule has 136 valence electrons. The zero-order valence-corrected chi connectivity index (χ0v) is 13.7. The largest absolute Gasteiger partial charge is 0.618 e. The molecule has 1 aromatic rings. The van der Waals surface area contributed by atoms with Crippen LogP contribution < -0.4 is 14.9 Å². The second-order valence-corrected chi connectivity index (χ2v) is 6.65. The van der Waals surface area contributed by atoms with Crippen LogP contribution in [0, 0.1) is 21.2 Å². The number of hydrogen-bond acceptors (Lipinski definition) is 6. The Morgan fingerprint density at radius 1 is 1.44 bits per heavy atom. The zero-order valence-electron chi connectivity index (χ0n) is 13.7. The topological polar surface area (TPSA) is 143 Å². The Bertz CT molecular complexity index is 724. The van der Waals surface area contributed by atoms with Crippen molar-refractivity contribution in [2.45, 2.75) is 38.3 Å². The molecule has 1 aromatic heterocycles. The second-order valence-electron chi connectivity index (χ2n) is 6.65. The number of anilines is 1. The number of hydrogen-bond donors (Lipinski definition) is 3. The molecule has 1 aliphatic carbocycles. The molecular formula is C15H20N4O6. The maximum absolute atomic E-state index is 12.1. The number of nitrogens with one attached hydrogen (secondary N) is 1. The van der Waals surface area contributed by atoms with E-state index in [1.165, 1.54) is 0 Å². The van der Waals surface area contributed by atoms with Crippen molar-refractivity contribution in [1.82, 2.24) is 5.32 Å². The van der Waals surface area contributed by atoms with Gasteiger partial charge in [-0.1, -0.05) is 6.92 Å². The number of nitrogens with zero attached hydrogens (tertiary/aromatic N) is 3. The van der Waals surface area contributed by atoms with Gasteiger partial charge in [0.25, 0.3) is 6.20 Å². The summed E-state index contributed by atoms with van der Waals surface area (Å²) in [4.78, 5) is 23.6. The fourth-order valence-corrected chi connectivity index (χ4v) is 3.86. The third kappa shape index (κ3) is 3.04. The fourth-order valence-electron chi connectivity index (χ4n) is 3.86. The second kappa shape index (κ2) is 6.36. The average molecular weight is 352 g/mol. The average Bonchev–Trinajstić information content (AvgIpc) is 3.01. The van der Waals surface area contributed by atoms with Crippen LogP contribution >= 0.6 is 0 Å². The highest BCUT2D eigenvalue weighted by molar-refractivity contribution is 5.69. The van der Waals surface area contributed by atoms with E-state index in [1.54, 1.807) is 11.8 Å². The van der Waals surface area contributed by atoms with E-state index in [1.807, 2.05) is 0 Å². The summed E-state index contributed by atoms with van der Waals surface area (Å²) in [5.74, 6) is -0.290. The number of aromatic nitrogens is 1. The number of fused-ring (bicyclic) bond motifs is 1. The maximum Gasteiger partial charge on any atom is 0.405 e. The number of rotatable bonds is 3. The van der Waals surface area contributed by atoms with Crippen LogP contribution in [0.25, 0.3) is 0 Å². The normalized spacial score (nSPS) is 25.5. The summed E-state index contributed by atoms with van der Waals surface area (Å²) < 4.78 is 0.569. The van der Waals surface area contributed by atoms with Crippen molar-refractivity contribution in [1.29, 1.82) is 0 Å². The predicted octanol–water partition coefficient (Wildman–Crippen LogP) is 0.170. The molecule has 25 heavy (non-hydrogen) atoms. The summed E-state index contributed by atoms with van der Waals surface area (Å²) in [5.41, 5.74) is 1.28. The molecule has 0 radical (unpaired) electrons. The van der Waals surface area contributed by atoms with E-state index >= 15 is 0 Å². The molecule has 1 fully saturated rings. The highest BCUT2D eigenvalue weighted by Crippen LogP contribution is 2.38. The first-order chi connectivity index (χ1) is 11.8. The van der Waals surface area contributed by atoms with Crippen molar-refractivity contribution in [3.05, 3.63) is 32.8 Å². The molecule has 1 saturated heterocycles. The number of nitro groups is 1. The van der Waals surface area contributed by atoms with Crippen LogP contribution in [0.2, 0.25) is 0 Å². The third-order valence-electron chi connectivity index (χ3n) is 4.97. The van der Waals surface area contributed by atoms with E-state index in [4.69, 9.17) is 5.11 Å². The van der Waals surface area contributed by atoms with Gasteiger partial charge in [0.1, 0.15) is 5.69 Å². The summed E-state index contributed by atoms with van der Waals surface area (Å²) in [6, 6.07) is -0.766. The lowest BCUT2D eigenvalue weighted by atomic mass is 9.91. The predicted molar refractivity (Wildman–Crippen MR) is 86.4 cm³/mol. The van der Waals surface area contributed by atoms with Crippen molar-refractivity contribution in [2.75, 3.05) is 18.0 Å².